The summed E-state index contributed by atoms with van der Waals surface area (Å²) in [7, 11) is 0. The average Bonchev–Trinajstić information content (AvgIpc) is 3.29. The smallest absolute Gasteiger partial charge is 0.326 e. The maximum absolute atomic E-state index is 13.0. The number of carbonyl (C=O) groups is 6. The third-order valence-electron chi connectivity index (χ3n) is 4.97. The summed E-state index contributed by atoms with van der Waals surface area (Å²) in [6, 6.07) is -5.48. The molecule has 0 aliphatic heterocycles. The molecule has 0 saturated carbocycles. The number of aromatic amines is 1. The molecule has 0 aliphatic carbocycles. The zero-order valence-electron chi connectivity index (χ0n) is 19.6. The summed E-state index contributed by atoms with van der Waals surface area (Å²) >= 11 is 0. The summed E-state index contributed by atoms with van der Waals surface area (Å²) in [4.78, 5) is 78.8. The topological polar surface area (TPSA) is 292 Å². The first-order valence-corrected chi connectivity index (χ1v) is 11.1. The minimum atomic E-state index is -1.54. The van der Waals surface area contributed by atoms with E-state index in [-0.39, 0.29) is 12.8 Å². The lowest BCUT2D eigenvalue weighted by Crippen LogP contribution is -2.58. The molecule has 0 fully saturated rings. The monoisotopic (exact) mass is 511 g/mol. The molecule has 0 saturated heterocycles. The molecule has 16 nitrogen and oxygen atoms in total. The number of H-pyrrole nitrogens is 1. The molecule has 0 aliphatic rings. The second kappa shape index (κ2) is 15.0. The van der Waals surface area contributed by atoms with Gasteiger partial charge in [0.2, 0.25) is 29.5 Å². The maximum Gasteiger partial charge on any atom is 0.326 e. The number of hydrogen-bond donors (Lipinski definition) is 9. The highest BCUT2D eigenvalue weighted by molar-refractivity contribution is 5.96. The van der Waals surface area contributed by atoms with Crippen LogP contribution in [0.25, 0.3) is 0 Å². The van der Waals surface area contributed by atoms with Crippen molar-refractivity contribution in [3.8, 4) is 0 Å². The molecule has 1 aromatic heterocycles. The van der Waals surface area contributed by atoms with Crippen LogP contribution in [0.1, 0.15) is 37.8 Å². The summed E-state index contributed by atoms with van der Waals surface area (Å²) < 4.78 is 0. The summed E-state index contributed by atoms with van der Waals surface area (Å²) in [6.07, 6.45) is 2.58. The van der Waals surface area contributed by atoms with Crippen molar-refractivity contribution in [1.82, 2.24) is 25.9 Å². The minimum absolute atomic E-state index is 0.112. The van der Waals surface area contributed by atoms with E-state index in [4.69, 9.17) is 22.9 Å². The number of imidazole rings is 1. The molecule has 0 aromatic carbocycles. The van der Waals surface area contributed by atoms with Gasteiger partial charge in [0.05, 0.1) is 25.2 Å². The van der Waals surface area contributed by atoms with Gasteiger partial charge in [0, 0.05) is 18.3 Å². The molecule has 0 bridgehead atoms. The first-order chi connectivity index (χ1) is 16.9. The number of carboxylic acid groups (broad SMARTS) is 1. The summed E-state index contributed by atoms with van der Waals surface area (Å²) in [6.45, 7) is 0.356. The van der Waals surface area contributed by atoms with Gasteiger partial charge in [-0.25, -0.2) is 9.78 Å². The Bertz CT molecular complexity index is 923. The molecule has 36 heavy (non-hydrogen) atoms. The summed E-state index contributed by atoms with van der Waals surface area (Å²) in [5, 5.41) is 16.4. The Morgan fingerprint density at radius 3 is 2.00 bits per heavy atom. The Morgan fingerprint density at radius 1 is 0.889 bits per heavy atom. The summed E-state index contributed by atoms with van der Waals surface area (Å²) in [5.74, 6) is -5.82. The molecule has 4 atom stereocenters. The number of nitrogens with two attached hydrogens (primary N) is 4. The van der Waals surface area contributed by atoms with Crippen LogP contribution < -0.4 is 38.9 Å². The number of carboxylic acids is 1. The Kier molecular flexibility index (Phi) is 12.5. The van der Waals surface area contributed by atoms with E-state index < -0.39 is 72.5 Å². The van der Waals surface area contributed by atoms with E-state index in [1.54, 1.807) is 0 Å². The molecule has 1 aromatic rings. The fraction of sp³-hybridized carbons (Fsp3) is 0.550. The van der Waals surface area contributed by atoms with E-state index >= 15 is 0 Å². The highest BCUT2D eigenvalue weighted by atomic mass is 16.4. The standard InChI is InChI=1S/C20H33N9O7/c21-4-2-1-3-12(20(35)36)27-18(33)13(5-10-8-25-9-26-10)29-19(34)14(7-16(24)31)28-17(32)11(22)6-15(23)30/h8-9,11-14H,1-7,21-22H2,(H2,23,30)(H2,24,31)(H,25,26)(H,27,33)(H,28,32)(H,29,34)(H,35,36). The van der Waals surface area contributed by atoms with E-state index in [1.165, 1.54) is 12.5 Å². The van der Waals surface area contributed by atoms with E-state index in [2.05, 4.69) is 25.9 Å². The van der Waals surface area contributed by atoms with Gasteiger partial charge in [-0.1, -0.05) is 0 Å². The molecule has 1 rings (SSSR count). The third-order valence-corrected chi connectivity index (χ3v) is 4.97. The van der Waals surface area contributed by atoms with Gasteiger partial charge in [-0.15, -0.1) is 0 Å². The van der Waals surface area contributed by atoms with Crippen LogP contribution in [0.5, 0.6) is 0 Å². The van der Waals surface area contributed by atoms with Crippen LogP contribution in [0, 0.1) is 0 Å². The first-order valence-electron chi connectivity index (χ1n) is 11.1. The number of unbranched alkanes of at least 4 members (excludes halogenated alkanes) is 1. The van der Waals surface area contributed by atoms with E-state index in [0.717, 1.165) is 0 Å². The van der Waals surface area contributed by atoms with Crippen molar-refractivity contribution in [2.45, 2.75) is 62.7 Å². The SMILES string of the molecule is NCCCCC(NC(=O)C(Cc1cnc[nH]1)NC(=O)C(CC(N)=O)NC(=O)C(N)CC(N)=O)C(=O)O. The summed E-state index contributed by atoms with van der Waals surface area (Å²) in [5.41, 5.74) is 21.6. The number of hydrogen-bond acceptors (Lipinski definition) is 9. The lowest BCUT2D eigenvalue weighted by Gasteiger charge is -2.24. The molecule has 13 N–H and O–H groups in total. The van der Waals surface area contributed by atoms with Crippen LogP contribution in [-0.2, 0) is 35.2 Å². The highest BCUT2D eigenvalue weighted by Gasteiger charge is 2.31. The average molecular weight is 512 g/mol. The third kappa shape index (κ3) is 10.9. The second-order valence-corrected chi connectivity index (χ2v) is 8.03. The van der Waals surface area contributed by atoms with Crippen molar-refractivity contribution in [1.29, 1.82) is 0 Å². The van der Waals surface area contributed by atoms with Gasteiger partial charge in [0.25, 0.3) is 0 Å². The fourth-order valence-electron chi connectivity index (χ4n) is 3.12. The van der Waals surface area contributed by atoms with Crippen LogP contribution in [-0.4, -0.2) is 81.3 Å². The largest absolute Gasteiger partial charge is 0.480 e. The van der Waals surface area contributed by atoms with E-state index in [9.17, 15) is 33.9 Å². The zero-order chi connectivity index (χ0) is 27.3. The highest BCUT2D eigenvalue weighted by Crippen LogP contribution is 2.05. The minimum Gasteiger partial charge on any atom is -0.480 e. The maximum atomic E-state index is 13.0. The van der Waals surface area contributed by atoms with Crippen LogP contribution in [0.2, 0.25) is 0 Å². The number of primary amides is 2. The lowest BCUT2D eigenvalue weighted by molar-refractivity contribution is -0.142. The van der Waals surface area contributed by atoms with Crippen molar-refractivity contribution in [2.75, 3.05) is 6.54 Å². The Balaban J connectivity index is 3.05. The predicted octanol–water partition coefficient (Wildman–Crippen LogP) is -4.30. The normalized spacial score (nSPS) is 14.1. The van der Waals surface area contributed by atoms with Gasteiger partial charge in [-0.2, -0.15) is 0 Å². The molecule has 5 amide bonds. The van der Waals surface area contributed by atoms with Crippen molar-refractivity contribution < 1.29 is 33.9 Å². The molecule has 200 valence electrons. The number of amides is 5. The van der Waals surface area contributed by atoms with Gasteiger partial charge < -0.3 is 49.0 Å². The number of nitrogens with zero attached hydrogens (tertiary/aromatic N) is 1. The van der Waals surface area contributed by atoms with Crippen molar-refractivity contribution in [3.63, 3.8) is 0 Å². The zero-order valence-corrected chi connectivity index (χ0v) is 19.6. The number of aromatic nitrogens is 2. The Hall–Kier alpha value is -4.05. The number of nitrogens with one attached hydrogen (secondary N) is 4. The Labute approximate surface area is 206 Å². The first kappa shape index (κ1) is 30.0. The Morgan fingerprint density at radius 2 is 1.47 bits per heavy atom. The molecule has 16 heteroatoms. The van der Waals surface area contributed by atoms with Crippen LogP contribution in [0.4, 0.5) is 0 Å². The lowest BCUT2D eigenvalue weighted by atomic mass is 10.1. The molecule has 0 radical (unpaired) electrons. The van der Waals surface area contributed by atoms with Gasteiger partial charge in [-0.05, 0) is 25.8 Å². The van der Waals surface area contributed by atoms with Crippen LogP contribution >= 0.6 is 0 Å². The quantitative estimate of drug-likeness (QED) is 0.0906. The van der Waals surface area contributed by atoms with Gasteiger partial charge >= 0.3 is 5.97 Å². The predicted molar refractivity (Wildman–Crippen MR) is 124 cm³/mol. The second-order valence-electron chi connectivity index (χ2n) is 8.03. The van der Waals surface area contributed by atoms with Crippen molar-refractivity contribution in [2.24, 2.45) is 22.9 Å². The molecular weight excluding hydrogens is 478 g/mol. The fourth-order valence-corrected chi connectivity index (χ4v) is 3.12. The molecule has 1 heterocycles. The number of carbonyl (C=O) groups excluding carboxylic acids is 5. The number of aliphatic carboxylic acids is 1. The van der Waals surface area contributed by atoms with E-state index in [1.807, 2.05) is 0 Å². The van der Waals surface area contributed by atoms with Crippen molar-refractivity contribution in [3.05, 3.63) is 18.2 Å². The van der Waals surface area contributed by atoms with Gasteiger partial charge in [0.1, 0.15) is 18.1 Å². The molecular formula is C20H33N9O7. The number of rotatable bonds is 17. The van der Waals surface area contributed by atoms with E-state index in [0.29, 0.717) is 25.1 Å². The van der Waals surface area contributed by atoms with Crippen LogP contribution in [0.3, 0.4) is 0 Å². The van der Waals surface area contributed by atoms with Crippen LogP contribution in [0.15, 0.2) is 12.5 Å². The molecule has 0 spiro atoms. The van der Waals surface area contributed by atoms with Gasteiger partial charge in [-0.3, -0.25) is 24.0 Å². The van der Waals surface area contributed by atoms with Gasteiger partial charge in [0.15, 0.2) is 0 Å². The molecule has 4 unspecified atom stereocenters. The van der Waals surface area contributed by atoms with Crippen molar-refractivity contribution >= 4 is 35.5 Å².